The summed E-state index contributed by atoms with van der Waals surface area (Å²) in [6, 6.07) is 0. The monoisotopic (exact) mass is 403 g/mol. The zero-order valence-electron chi connectivity index (χ0n) is 16.2. The number of halogens is 3. The third-order valence-corrected chi connectivity index (χ3v) is 5.53. The fourth-order valence-electron chi connectivity index (χ4n) is 3.34. The quantitative estimate of drug-likeness (QED) is 0.342. The Kier molecular flexibility index (Phi) is 13.6. The molecular weight excluding hydrogens is 367 g/mol. The predicted octanol–water partition coefficient (Wildman–Crippen LogP) is 3.88. The molecule has 1 aliphatic heterocycles. The molecule has 4 nitrogen and oxygen atoms in total. The van der Waals surface area contributed by atoms with Crippen molar-refractivity contribution in [2.24, 2.45) is 5.92 Å². The fraction of sp³-hybridized carbons (Fsp3) is 1.00. The molecule has 8 heteroatoms. The average molecular weight is 404 g/mol. The van der Waals surface area contributed by atoms with Crippen molar-refractivity contribution in [3.05, 3.63) is 0 Å². The molecule has 0 aromatic rings. The molecule has 1 N–H and O–H groups in total. The van der Waals surface area contributed by atoms with Crippen LogP contribution in [-0.4, -0.2) is 38.1 Å². The molecule has 0 spiro atoms. The Morgan fingerprint density at radius 1 is 1.00 bits per heavy atom. The SMILES string of the molecule is CCCCCCCCCC[NH+]1CCCC(CC)C1.O=S(=O)([O-])C(F)(F)F. The predicted molar refractivity (Wildman–Crippen MR) is 96.9 cm³/mol. The number of piperidine rings is 1. The highest BCUT2D eigenvalue weighted by atomic mass is 32.2. The molecule has 0 aromatic carbocycles. The summed E-state index contributed by atoms with van der Waals surface area (Å²) >= 11 is 0. The van der Waals surface area contributed by atoms with Crippen LogP contribution in [0.4, 0.5) is 13.2 Å². The first-order chi connectivity index (χ1) is 12.1. The Balaban J connectivity index is 0.000000660. The second-order valence-electron chi connectivity index (χ2n) is 7.25. The third-order valence-electron chi connectivity index (χ3n) is 4.96. The van der Waals surface area contributed by atoms with Crippen LogP contribution in [-0.2, 0) is 10.1 Å². The van der Waals surface area contributed by atoms with E-state index >= 15 is 0 Å². The Bertz CT molecular complexity index is 441. The summed E-state index contributed by atoms with van der Waals surface area (Å²) in [7, 11) is -6.09. The number of nitrogens with one attached hydrogen (secondary N) is 1. The third kappa shape index (κ3) is 12.9. The lowest BCUT2D eigenvalue weighted by atomic mass is 9.95. The van der Waals surface area contributed by atoms with Crippen LogP contribution in [0.2, 0.25) is 0 Å². The maximum absolute atomic E-state index is 10.7. The number of unbranched alkanes of at least 4 members (excludes halogenated alkanes) is 7. The van der Waals surface area contributed by atoms with E-state index in [2.05, 4.69) is 13.8 Å². The summed E-state index contributed by atoms with van der Waals surface area (Å²) in [5.41, 5.74) is -5.65. The topological polar surface area (TPSA) is 61.6 Å². The molecule has 0 bridgehead atoms. The maximum Gasteiger partial charge on any atom is 0.485 e. The van der Waals surface area contributed by atoms with Gasteiger partial charge in [-0.3, -0.25) is 0 Å². The van der Waals surface area contributed by atoms with Crippen molar-refractivity contribution >= 4 is 10.1 Å². The van der Waals surface area contributed by atoms with Gasteiger partial charge in [0.1, 0.15) is 0 Å². The van der Waals surface area contributed by atoms with E-state index in [-0.39, 0.29) is 0 Å². The summed E-state index contributed by atoms with van der Waals surface area (Å²) in [4.78, 5) is 1.90. The van der Waals surface area contributed by atoms with Crippen LogP contribution < -0.4 is 4.90 Å². The molecule has 2 atom stereocenters. The summed E-state index contributed by atoms with van der Waals surface area (Å²) in [5, 5.41) is 0. The van der Waals surface area contributed by atoms with E-state index in [1.54, 1.807) is 0 Å². The Morgan fingerprint density at radius 2 is 1.50 bits per heavy atom. The van der Waals surface area contributed by atoms with E-state index in [0.29, 0.717) is 0 Å². The fourth-order valence-corrected chi connectivity index (χ4v) is 3.34. The highest BCUT2D eigenvalue weighted by molar-refractivity contribution is 7.86. The lowest BCUT2D eigenvalue weighted by Gasteiger charge is -2.29. The minimum absolute atomic E-state index is 1.03. The molecule has 0 aromatic heterocycles. The van der Waals surface area contributed by atoms with Gasteiger partial charge in [-0.25, -0.2) is 8.42 Å². The first kappa shape index (κ1) is 25.7. The van der Waals surface area contributed by atoms with Crippen molar-refractivity contribution in [3.8, 4) is 0 Å². The lowest BCUT2D eigenvalue weighted by molar-refractivity contribution is -0.909. The molecule has 2 unspecified atom stereocenters. The number of alkyl halides is 3. The van der Waals surface area contributed by atoms with Gasteiger partial charge in [-0.2, -0.15) is 13.2 Å². The number of quaternary nitrogens is 1. The molecule has 0 saturated carbocycles. The van der Waals surface area contributed by atoms with Crippen LogP contribution in [0.15, 0.2) is 0 Å². The van der Waals surface area contributed by atoms with Gasteiger partial charge in [0, 0.05) is 5.92 Å². The molecular formula is C18H36F3NO3S. The first-order valence-corrected chi connectivity index (χ1v) is 11.4. The van der Waals surface area contributed by atoms with Crippen LogP contribution >= 0.6 is 0 Å². The molecule has 1 fully saturated rings. The second-order valence-corrected chi connectivity index (χ2v) is 8.62. The van der Waals surface area contributed by atoms with Gasteiger partial charge in [0.15, 0.2) is 10.1 Å². The summed E-state index contributed by atoms with van der Waals surface area (Å²) in [6.07, 6.45) is 16.0. The van der Waals surface area contributed by atoms with E-state index in [1.807, 2.05) is 4.90 Å². The van der Waals surface area contributed by atoms with Gasteiger partial charge in [-0.05, 0) is 32.1 Å². The largest absolute Gasteiger partial charge is 0.741 e. The van der Waals surface area contributed by atoms with Crippen LogP contribution in [0.25, 0.3) is 0 Å². The van der Waals surface area contributed by atoms with Crippen molar-refractivity contribution in [1.29, 1.82) is 0 Å². The van der Waals surface area contributed by atoms with E-state index in [9.17, 15) is 13.2 Å². The minimum atomic E-state index is -6.09. The number of likely N-dealkylation sites (tertiary alicyclic amines) is 1. The Labute approximate surface area is 157 Å². The molecule has 1 saturated heterocycles. The van der Waals surface area contributed by atoms with Crippen LogP contribution in [0.5, 0.6) is 0 Å². The molecule has 0 amide bonds. The van der Waals surface area contributed by atoms with E-state index in [0.717, 1.165) is 5.92 Å². The summed E-state index contributed by atoms with van der Waals surface area (Å²) < 4.78 is 58.9. The number of hydrogen-bond donors (Lipinski definition) is 1. The maximum atomic E-state index is 10.7. The summed E-state index contributed by atoms with van der Waals surface area (Å²) in [5.74, 6) is 1.03. The molecule has 1 aliphatic rings. The van der Waals surface area contributed by atoms with E-state index in [1.165, 1.54) is 90.3 Å². The van der Waals surface area contributed by atoms with Crippen LogP contribution in [0, 0.1) is 5.92 Å². The molecule has 158 valence electrons. The van der Waals surface area contributed by atoms with Crippen molar-refractivity contribution < 1.29 is 31.0 Å². The van der Waals surface area contributed by atoms with Crippen molar-refractivity contribution in [1.82, 2.24) is 0 Å². The minimum Gasteiger partial charge on any atom is -0.741 e. The summed E-state index contributed by atoms with van der Waals surface area (Å²) in [6.45, 7) is 9.03. The second kappa shape index (κ2) is 13.8. The zero-order valence-corrected chi connectivity index (χ0v) is 17.1. The van der Waals surface area contributed by atoms with Gasteiger partial charge in [-0.15, -0.1) is 0 Å². The van der Waals surface area contributed by atoms with Gasteiger partial charge in [0.2, 0.25) is 0 Å². The molecule has 0 aliphatic carbocycles. The number of hydrogen-bond acceptors (Lipinski definition) is 3. The highest BCUT2D eigenvalue weighted by Gasteiger charge is 2.36. The van der Waals surface area contributed by atoms with Gasteiger partial charge >= 0.3 is 5.51 Å². The van der Waals surface area contributed by atoms with Crippen LogP contribution in [0.3, 0.4) is 0 Å². The standard InChI is InChI=1S/C17H35N.CHF3O3S/c1-3-5-6-7-8-9-10-11-14-18-15-12-13-17(4-2)16-18;2-1(3,4)8(5,6)7/h17H,3-16H2,1-2H3;(H,5,6,7). The lowest BCUT2D eigenvalue weighted by Crippen LogP contribution is -3.13. The Morgan fingerprint density at radius 3 is 1.96 bits per heavy atom. The van der Waals surface area contributed by atoms with Gasteiger partial charge in [-0.1, -0.05) is 52.4 Å². The van der Waals surface area contributed by atoms with Crippen molar-refractivity contribution in [2.75, 3.05) is 19.6 Å². The molecule has 0 radical (unpaired) electrons. The van der Waals surface area contributed by atoms with Crippen LogP contribution in [0.1, 0.15) is 84.5 Å². The molecule has 1 heterocycles. The normalized spacial score (nSPS) is 21.2. The van der Waals surface area contributed by atoms with E-state index < -0.39 is 15.6 Å². The average Bonchev–Trinajstić information content (AvgIpc) is 2.56. The first-order valence-electron chi connectivity index (χ1n) is 9.97. The van der Waals surface area contributed by atoms with E-state index in [4.69, 9.17) is 13.0 Å². The van der Waals surface area contributed by atoms with Gasteiger partial charge in [0.25, 0.3) is 0 Å². The molecule has 1 rings (SSSR count). The van der Waals surface area contributed by atoms with Gasteiger partial charge < -0.3 is 9.45 Å². The van der Waals surface area contributed by atoms with Gasteiger partial charge in [0.05, 0.1) is 19.6 Å². The smallest absolute Gasteiger partial charge is 0.485 e. The highest BCUT2D eigenvalue weighted by Crippen LogP contribution is 2.20. The number of rotatable bonds is 10. The zero-order chi connectivity index (χ0) is 20.1. The Hall–Kier alpha value is -0.340. The van der Waals surface area contributed by atoms with Crippen molar-refractivity contribution in [3.63, 3.8) is 0 Å². The van der Waals surface area contributed by atoms with Crippen molar-refractivity contribution in [2.45, 2.75) is 90.0 Å². The molecule has 26 heavy (non-hydrogen) atoms.